The van der Waals surface area contributed by atoms with Crippen molar-refractivity contribution in [3.8, 4) is 0 Å². The minimum absolute atomic E-state index is 0.354. The largest absolute Gasteiger partial charge is 0.512 e. The van der Waals surface area contributed by atoms with Crippen molar-refractivity contribution in [2.45, 2.75) is 77.8 Å². The van der Waals surface area contributed by atoms with Crippen molar-refractivity contribution >= 4 is 25.4 Å². The first-order valence-electron chi connectivity index (χ1n) is 8.25. The molecule has 23 heavy (non-hydrogen) atoms. The summed E-state index contributed by atoms with van der Waals surface area (Å²) >= 11 is 0. The maximum atomic E-state index is 6.07. The summed E-state index contributed by atoms with van der Waals surface area (Å²) in [4.78, 5) is 3.35. The molecule has 2 fully saturated rings. The molecule has 0 unspecified atom stereocenters. The highest BCUT2D eigenvalue weighted by atomic mass is 16.7. The lowest BCUT2D eigenvalue weighted by Gasteiger charge is -2.32. The van der Waals surface area contributed by atoms with Gasteiger partial charge in [0.25, 0.3) is 0 Å². The summed E-state index contributed by atoms with van der Waals surface area (Å²) in [5.41, 5.74) is 0.350. The van der Waals surface area contributed by atoms with Crippen LogP contribution in [0, 0.1) is 0 Å². The van der Waals surface area contributed by atoms with Gasteiger partial charge in [0.1, 0.15) is 0 Å². The van der Waals surface area contributed by atoms with Gasteiger partial charge in [-0.15, -0.1) is 0 Å². The third-order valence-electron chi connectivity index (χ3n) is 5.75. The van der Waals surface area contributed by atoms with E-state index in [9.17, 15) is 0 Å². The predicted octanol–water partition coefficient (Wildman–Crippen LogP) is 1.61. The maximum absolute atomic E-state index is 6.07. The highest BCUT2D eigenvalue weighted by Gasteiger charge is 2.54. The lowest BCUT2D eigenvalue weighted by Crippen LogP contribution is -2.41. The molecule has 1 N–H and O–H groups in total. The van der Waals surface area contributed by atoms with Crippen LogP contribution >= 0.6 is 0 Å². The Bertz CT molecular complexity index is 526. The number of rotatable bonds is 2. The van der Waals surface area contributed by atoms with Crippen molar-refractivity contribution in [2.75, 3.05) is 0 Å². The van der Waals surface area contributed by atoms with Gasteiger partial charge in [0.05, 0.1) is 22.4 Å². The second-order valence-corrected chi connectivity index (χ2v) is 8.55. The van der Waals surface area contributed by atoms with Crippen molar-refractivity contribution < 1.29 is 18.6 Å². The van der Waals surface area contributed by atoms with Crippen LogP contribution in [0.4, 0.5) is 0 Å². The van der Waals surface area contributed by atoms with E-state index in [4.69, 9.17) is 18.6 Å². The SMILES string of the molecule is CC1(C)OB(c2ccc(B3OC(C)(C)C(C)(C)O3)[nH]2)OC1(C)C. The Morgan fingerprint density at radius 2 is 0.870 bits per heavy atom. The van der Waals surface area contributed by atoms with Gasteiger partial charge in [0.15, 0.2) is 0 Å². The molecule has 2 saturated heterocycles. The lowest BCUT2D eigenvalue weighted by molar-refractivity contribution is 0.00578. The van der Waals surface area contributed by atoms with E-state index in [0.717, 1.165) is 11.2 Å². The third kappa shape index (κ3) is 2.68. The molecule has 3 rings (SSSR count). The number of H-pyrrole nitrogens is 1. The summed E-state index contributed by atoms with van der Waals surface area (Å²) in [5, 5.41) is 0. The van der Waals surface area contributed by atoms with E-state index >= 15 is 0 Å². The van der Waals surface area contributed by atoms with Crippen LogP contribution in [0.15, 0.2) is 12.1 Å². The van der Waals surface area contributed by atoms with Gasteiger partial charge in [-0.1, -0.05) is 0 Å². The van der Waals surface area contributed by atoms with E-state index in [1.165, 1.54) is 0 Å². The Labute approximate surface area is 139 Å². The van der Waals surface area contributed by atoms with Gasteiger partial charge < -0.3 is 23.6 Å². The Balaban J connectivity index is 1.78. The van der Waals surface area contributed by atoms with Crippen LogP contribution in [0.25, 0.3) is 0 Å². The number of hydrogen-bond donors (Lipinski definition) is 1. The summed E-state index contributed by atoms with van der Waals surface area (Å²) in [6.45, 7) is 16.4. The Morgan fingerprint density at radius 3 is 1.13 bits per heavy atom. The van der Waals surface area contributed by atoms with E-state index < -0.39 is 14.2 Å². The number of aromatic nitrogens is 1. The van der Waals surface area contributed by atoms with Crippen molar-refractivity contribution in [3.63, 3.8) is 0 Å². The summed E-state index contributed by atoms with van der Waals surface area (Å²) in [6.07, 6.45) is 0. The fourth-order valence-electron chi connectivity index (χ4n) is 2.64. The van der Waals surface area contributed by atoms with Crippen LogP contribution in [0.2, 0.25) is 0 Å². The third-order valence-corrected chi connectivity index (χ3v) is 5.75. The van der Waals surface area contributed by atoms with Gasteiger partial charge >= 0.3 is 14.2 Å². The molecule has 0 atom stereocenters. The molecule has 5 nitrogen and oxygen atoms in total. The molecule has 0 amide bonds. The fraction of sp³-hybridized carbons (Fsp3) is 0.750. The van der Waals surface area contributed by atoms with Crippen LogP contribution in [0.1, 0.15) is 55.4 Å². The van der Waals surface area contributed by atoms with E-state index in [1.54, 1.807) is 0 Å². The minimum atomic E-state index is -0.406. The molecular formula is C16H27B2NO4. The molecule has 2 aliphatic rings. The minimum Gasteiger partial charge on any atom is -0.398 e. The van der Waals surface area contributed by atoms with Crippen LogP contribution in [0.3, 0.4) is 0 Å². The Morgan fingerprint density at radius 1 is 0.609 bits per heavy atom. The van der Waals surface area contributed by atoms with Gasteiger partial charge in [-0.2, -0.15) is 0 Å². The topological polar surface area (TPSA) is 52.7 Å². The zero-order valence-electron chi connectivity index (χ0n) is 15.4. The first kappa shape index (κ1) is 17.1. The van der Waals surface area contributed by atoms with Crippen molar-refractivity contribution in [2.24, 2.45) is 0 Å². The summed E-state index contributed by atoms with van der Waals surface area (Å²) in [7, 11) is -0.813. The average Bonchev–Trinajstić information content (AvgIpc) is 2.96. The summed E-state index contributed by atoms with van der Waals surface area (Å²) in [5.74, 6) is 0. The molecule has 0 aliphatic carbocycles. The molecule has 1 aromatic heterocycles. The standard InChI is InChI=1S/C16H27B2NO4/c1-13(2)14(3,4)21-17(20-13)11-9-10-12(19-11)18-22-15(5,6)16(7,8)23-18/h9-10,19H,1-8H3. The lowest BCUT2D eigenvalue weighted by atomic mass is 9.85. The van der Waals surface area contributed by atoms with Gasteiger partial charge in [-0.05, 0) is 67.5 Å². The van der Waals surface area contributed by atoms with Crippen LogP contribution in [-0.4, -0.2) is 41.6 Å². The maximum Gasteiger partial charge on any atom is 0.512 e. The quantitative estimate of drug-likeness (QED) is 0.842. The van der Waals surface area contributed by atoms with Crippen molar-refractivity contribution in [1.29, 1.82) is 0 Å². The molecule has 0 saturated carbocycles. The number of aromatic amines is 1. The molecule has 0 bridgehead atoms. The molecule has 3 heterocycles. The zero-order chi connectivity index (χ0) is 17.3. The first-order chi connectivity index (χ1) is 10.3. The molecule has 0 spiro atoms. The summed E-state index contributed by atoms with van der Waals surface area (Å²) in [6, 6.07) is 3.95. The second-order valence-electron chi connectivity index (χ2n) is 8.55. The van der Waals surface area contributed by atoms with Gasteiger partial charge in [-0.3, -0.25) is 0 Å². The first-order valence-corrected chi connectivity index (χ1v) is 8.25. The number of hydrogen-bond acceptors (Lipinski definition) is 4. The van der Waals surface area contributed by atoms with Gasteiger partial charge in [-0.25, -0.2) is 0 Å². The molecule has 126 valence electrons. The van der Waals surface area contributed by atoms with Crippen molar-refractivity contribution in [3.05, 3.63) is 12.1 Å². The van der Waals surface area contributed by atoms with Crippen molar-refractivity contribution in [1.82, 2.24) is 4.98 Å². The average molecular weight is 319 g/mol. The molecule has 0 radical (unpaired) electrons. The normalized spacial score (nSPS) is 27.7. The van der Waals surface area contributed by atoms with Crippen LogP contribution in [0.5, 0.6) is 0 Å². The van der Waals surface area contributed by atoms with E-state index in [1.807, 2.05) is 67.5 Å². The fourth-order valence-corrected chi connectivity index (χ4v) is 2.64. The van der Waals surface area contributed by atoms with Gasteiger partial charge in [0, 0.05) is 11.2 Å². The summed E-state index contributed by atoms with van der Waals surface area (Å²) < 4.78 is 24.3. The number of nitrogens with one attached hydrogen (secondary N) is 1. The molecular weight excluding hydrogens is 292 g/mol. The van der Waals surface area contributed by atoms with E-state index in [-0.39, 0.29) is 22.4 Å². The van der Waals surface area contributed by atoms with Crippen LogP contribution in [-0.2, 0) is 18.6 Å². The van der Waals surface area contributed by atoms with E-state index in [2.05, 4.69) is 4.98 Å². The highest BCUT2D eigenvalue weighted by molar-refractivity contribution is 6.64. The molecule has 0 aromatic carbocycles. The second kappa shape index (κ2) is 4.88. The molecule has 7 heteroatoms. The monoisotopic (exact) mass is 319 g/mol. The molecule has 1 aromatic rings. The molecule has 2 aliphatic heterocycles. The Hall–Kier alpha value is -0.750. The zero-order valence-corrected chi connectivity index (χ0v) is 15.4. The smallest absolute Gasteiger partial charge is 0.398 e. The van der Waals surface area contributed by atoms with Gasteiger partial charge in [0.2, 0.25) is 0 Å². The highest BCUT2D eigenvalue weighted by Crippen LogP contribution is 2.37. The van der Waals surface area contributed by atoms with E-state index in [0.29, 0.717) is 0 Å². The predicted molar refractivity (Wildman–Crippen MR) is 92.2 cm³/mol. The Kier molecular flexibility index (Phi) is 3.63. The van der Waals surface area contributed by atoms with Crippen LogP contribution < -0.4 is 11.2 Å².